The van der Waals surface area contributed by atoms with Gasteiger partial charge in [-0.1, -0.05) is 19.1 Å². The van der Waals surface area contributed by atoms with Gasteiger partial charge in [0, 0.05) is 23.9 Å². The van der Waals surface area contributed by atoms with Crippen LogP contribution in [0.4, 0.5) is 0 Å². The van der Waals surface area contributed by atoms with Crippen LogP contribution in [-0.4, -0.2) is 21.6 Å². The van der Waals surface area contributed by atoms with Gasteiger partial charge in [-0.2, -0.15) is 5.10 Å². The van der Waals surface area contributed by atoms with Gasteiger partial charge in [-0.25, -0.2) is 5.01 Å². The van der Waals surface area contributed by atoms with Crippen LogP contribution in [0.25, 0.3) is 10.9 Å². The number of nitrogens with zero attached hydrogens (tertiary/aromatic N) is 2. The molecule has 0 saturated carbocycles. The number of nitrogens with one attached hydrogen (secondary N) is 1. The maximum Gasteiger partial charge on any atom is 0.253 e. The number of benzene rings is 1. The fourth-order valence-electron chi connectivity index (χ4n) is 3.32. The molecule has 4 rings (SSSR count). The molecule has 1 aromatic carbocycles. The van der Waals surface area contributed by atoms with Crippen molar-refractivity contribution in [2.75, 3.05) is 0 Å². The number of carbonyl (C=O) groups is 1. The van der Waals surface area contributed by atoms with Crippen molar-refractivity contribution in [2.45, 2.75) is 32.7 Å². The van der Waals surface area contributed by atoms with Crippen LogP contribution in [0.5, 0.6) is 0 Å². The predicted molar refractivity (Wildman–Crippen MR) is 99.0 cm³/mol. The minimum atomic E-state index is -0.433. The van der Waals surface area contributed by atoms with E-state index in [4.69, 9.17) is 4.42 Å². The van der Waals surface area contributed by atoms with Crippen molar-refractivity contribution >= 4 is 22.5 Å². The molecule has 0 bridgehead atoms. The van der Waals surface area contributed by atoms with E-state index in [1.165, 1.54) is 5.01 Å². The van der Waals surface area contributed by atoms with Crippen LogP contribution in [0, 0.1) is 6.92 Å². The van der Waals surface area contributed by atoms with Crippen LogP contribution in [0.1, 0.15) is 42.7 Å². The highest BCUT2D eigenvalue weighted by Crippen LogP contribution is 2.32. The number of fused-ring (bicyclic) bond motifs is 1. The van der Waals surface area contributed by atoms with Crippen molar-refractivity contribution in [1.29, 1.82) is 0 Å². The van der Waals surface area contributed by atoms with E-state index in [0.29, 0.717) is 29.9 Å². The summed E-state index contributed by atoms with van der Waals surface area (Å²) in [4.78, 5) is 28.1. The molecule has 26 heavy (non-hydrogen) atoms. The molecule has 3 heterocycles. The third kappa shape index (κ3) is 2.73. The average molecular weight is 349 g/mol. The average Bonchev–Trinajstić information content (AvgIpc) is 3.30. The van der Waals surface area contributed by atoms with Crippen LogP contribution in [0.2, 0.25) is 0 Å². The number of H-pyrrole nitrogens is 1. The molecule has 132 valence electrons. The summed E-state index contributed by atoms with van der Waals surface area (Å²) >= 11 is 0. The highest BCUT2D eigenvalue weighted by Gasteiger charge is 2.34. The van der Waals surface area contributed by atoms with E-state index < -0.39 is 6.04 Å². The number of aromatic amines is 1. The molecule has 1 unspecified atom stereocenters. The van der Waals surface area contributed by atoms with Crippen molar-refractivity contribution in [1.82, 2.24) is 9.99 Å². The van der Waals surface area contributed by atoms with E-state index in [9.17, 15) is 9.59 Å². The Kier molecular flexibility index (Phi) is 3.95. The number of rotatable bonds is 3. The largest absolute Gasteiger partial charge is 0.463 e. The molecule has 0 spiro atoms. The van der Waals surface area contributed by atoms with Gasteiger partial charge in [-0.3, -0.25) is 9.59 Å². The first-order chi connectivity index (χ1) is 12.6. The number of aryl methyl sites for hydroxylation is 1. The molecule has 1 atom stereocenters. The molecule has 3 aromatic rings. The molecule has 2 aromatic heterocycles. The second kappa shape index (κ2) is 6.29. The van der Waals surface area contributed by atoms with Crippen molar-refractivity contribution in [3.05, 3.63) is 69.9 Å². The number of hydrogen-bond donors (Lipinski definition) is 1. The summed E-state index contributed by atoms with van der Waals surface area (Å²) in [5.41, 5.74) is 2.88. The van der Waals surface area contributed by atoms with Gasteiger partial charge in [0.05, 0.1) is 12.3 Å². The Morgan fingerprint density at radius 3 is 2.92 bits per heavy atom. The second-order valence-corrected chi connectivity index (χ2v) is 6.48. The maximum atomic E-state index is 12.7. The van der Waals surface area contributed by atoms with Crippen molar-refractivity contribution in [3.63, 3.8) is 0 Å². The predicted octanol–water partition coefficient (Wildman–Crippen LogP) is 3.52. The molecule has 1 amide bonds. The van der Waals surface area contributed by atoms with Crippen LogP contribution in [0.15, 0.2) is 57.0 Å². The molecule has 6 heteroatoms. The van der Waals surface area contributed by atoms with Gasteiger partial charge in [0.2, 0.25) is 5.91 Å². The summed E-state index contributed by atoms with van der Waals surface area (Å²) in [6.45, 7) is 3.76. The van der Waals surface area contributed by atoms with Crippen molar-refractivity contribution in [3.8, 4) is 0 Å². The summed E-state index contributed by atoms with van der Waals surface area (Å²) in [6, 6.07) is 10.9. The zero-order valence-electron chi connectivity index (χ0n) is 14.7. The van der Waals surface area contributed by atoms with E-state index in [1.807, 2.05) is 37.3 Å². The smallest absolute Gasteiger partial charge is 0.253 e. The standard InChI is InChI=1S/C20H19N3O3/c1-3-19(24)23-17(11-16(22-23)18-5-4-8-26-18)14-10-13-7-6-12(2)9-15(13)21-20(14)25/h4-10,17H,3,11H2,1-2H3,(H,21,25). The van der Waals surface area contributed by atoms with Crippen molar-refractivity contribution < 1.29 is 9.21 Å². The fourth-order valence-corrected chi connectivity index (χ4v) is 3.32. The zero-order chi connectivity index (χ0) is 18.3. The lowest BCUT2D eigenvalue weighted by molar-refractivity contribution is -0.132. The normalized spacial score (nSPS) is 16.9. The Hall–Kier alpha value is -3.15. The number of amides is 1. The minimum absolute atomic E-state index is 0.125. The minimum Gasteiger partial charge on any atom is -0.463 e. The fraction of sp³-hybridized carbons (Fsp3) is 0.250. The number of pyridine rings is 1. The molecule has 0 saturated heterocycles. The summed E-state index contributed by atoms with van der Waals surface area (Å²) in [6.07, 6.45) is 2.33. The second-order valence-electron chi connectivity index (χ2n) is 6.48. The van der Waals surface area contributed by atoms with Crippen LogP contribution < -0.4 is 5.56 Å². The molecule has 0 aliphatic carbocycles. The number of furan rings is 1. The first-order valence-corrected chi connectivity index (χ1v) is 8.64. The molecule has 0 fully saturated rings. The van der Waals surface area contributed by atoms with E-state index in [2.05, 4.69) is 10.1 Å². The first kappa shape index (κ1) is 16.3. The Morgan fingerprint density at radius 2 is 2.19 bits per heavy atom. The van der Waals surface area contributed by atoms with E-state index >= 15 is 0 Å². The summed E-state index contributed by atoms with van der Waals surface area (Å²) < 4.78 is 5.42. The summed E-state index contributed by atoms with van der Waals surface area (Å²) in [5.74, 6) is 0.495. The number of carbonyl (C=O) groups excluding carboxylic acids is 1. The van der Waals surface area contributed by atoms with Crippen LogP contribution >= 0.6 is 0 Å². The third-order valence-electron chi connectivity index (χ3n) is 4.66. The summed E-state index contributed by atoms with van der Waals surface area (Å²) in [5, 5.41) is 6.80. The molecule has 0 radical (unpaired) electrons. The SMILES string of the molecule is CCC(=O)N1N=C(c2ccco2)CC1c1cc2ccc(C)cc2[nH]c1=O. The lowest BCUT2D eigenvalue weighted by Crippen LogP contribution is -2.30. The van der Waals surface area contributed by atoms with Crippen LogP contribution in [-0.2, 0) is 4.79 Å². The molecule has 1 N–H and O–H groups in total. The highest BCUT2D eigenvalue weighted by atomic mass is 16.3. The van der Waals surface area contributed by atoms with Gasteiger partial charge >= 0.3 is 0 Å². The van der Waals surface area contributed by atoms with Crippen LogP contribution in [0.3, 0.4) is 0 Å². The number of hydrazone groups is 1. The molecular formula is C20H19N3O3. The Balaban J connectivity index is 1.79. The Labute approximate surface area is 150 Å². The van der Waals surface area contributed by atoms with Gasteiger partial charge in [-0.15, -0.1) is 0 Å². The molecule has 1 aliphatic heterocycles. The quantitative estimate of drug-likeness (QED) is 0.786. The first-order valence-electron chi connectivity index (χ1n) is 8.64. The zero-order valence-corrected chi connectivity index (χ0v) is 14.7. The van der Waals surface area contributed by atoms with E-state index in [1.54, 1.807) is 19.3 Å². The van der Waals surface area contributed by atoms with Gasteiger partial charge in [0.25, 0.3) is 5.56 Å². The van der Waals surface area contributed by atoms with E-state index in [-0.39, 0.29) is 11.5 Å². The lowest BCUT2D eigenvalue weighted by Gasteiger charge is -2.21. The van der Waals surface area contributed by atoms with Gasteiger partial charge in [0.15, 0.2) is 0 Å². The lowest BCUT2D eigenvalue weighted by atomic mass is 10.00. The monoisotopic (exact) mass is 349 g/mol. The number of hydrogen-bond acceptors (Lipinski definition) is 4. The van der Waals surface area contributed by atoms with Gasteiger partial charge in [0.1, 0.15) is 11.5 Å². The Bertz CT molecular complexity index is 1060. The summed E-state index contributed by atoms with van der Waals surface area (Å²) in [7, 11) is 0. The van der Waals surface area contributed by atoms with Gasteiger partial charge in [-0.05, 0) is 42.1 Å². The molecular weight excluding hydrogens is 330 g/mol. The Morgan fingerprint density at radius 1 is 1.35 bits per heavy atom. The van der Waals surface area contributed by atoms with Gasteiger partial charge < -0.3 is 9.40 Å². The number of aromatic nitrogens is 1. The topological polar surface area (TPSA) is 78.7 Å². The van der Waals surface area contributed by atoms with Crippen molar-refractivity contribution in [2.24, 2.45) is 5.10 Å². The van der Waals surface area contributed by atoms with E-state index in [0.717, 1.165) is 16.5 Å². The molecule has 1 aliphatic rings. The molecule has 6 nitrogen and oxygen atoms in total. The highest BCUT2D eigenvalue weighted by molar-refractivity contribution is 6.01. The third-order valence-corrected chi connectivity index (χ3v) is 4.66. The maximum absolute atomic E-state index is 12.7.